The molecule has 1 atom stereocenters. The Bertz CT molecular complexity index is 1720. The van der Waals surface area contributed by atoms with Crippen LogP contribution in [0.1, 0.15) is 24.0 Å². The Morgan fingerprint density at radius 1 is 0.976 bits per heavy atom. The molecule has 0 aliphatic carbocycles. The Balaban J connectivity index is 1.40. The first kappa shape index (κ1) is 28.0. The molecule has 1 aliphatic heterocycles. The molecule has 0 spiro atoms. The number of esters is 1. The SMILES string of the molecule is CC1=C(C(=O)OCc2ccccc2)[C@@H](c2ccccc2Cl)C(C#N)=C(SCC(=O)Nc2cccc3ccccc23)N1. The second kappa shape index (κ2) is 12.8. The van der Waals surface area contributed by atoms with E-state index >= 15 is 0 Å². The van der Waals surface area contributed by atoms with E-state index in [1.807, 2.05) is 78.9 Å². The molecule has 1 heterocycles. The summed E-state index contributed by atoms with van der Waals surface area (Å²) in [7, 11) is 0. The van der Waals surface area contributed by atoms with Crippen LogP contribution in [0.2, 0.25) is 5.02 Å². The number of hydrogen-bond donors (Lipinski definition) is 2. The molecule has 204 valence electrons. The number of hydrogen-bond acceptors (Lipinski definition) is 6. The van der Waals surface area contributed by atoms with E-state index in [-0.39, 0.29) is 18.3 Å². The van der Waals surface area contributed by atoms with Crippen LogP contribution in [0, 0.1) is 11.3 Å². The van der Waals surface area contributed by atoms with Crippen molar-refractivity contribution >= 4 is 51.7 Å². The summed E-state index contributed by atoms with van der Waals surface area (Å²) >= 11 is 7.79. The van der Waals surface area contributed by atoms with Crippen molar-refractivity contribution in [1.82, 2.24) is 5.32 Å². The molecule has 41 heavy (non-hydrogen) atoms. The number of halogens is 1. The van der Waals surface area contributed by atoms with Crippen LogP contribution in [0.15, 0.2) is 119 Å². The molecule has 0 saturated carbocycles. The molecule has 0 radical (unpaired) electrons. The highest BCUT2D eigenvalue weighted by atomic mass is 35.5. The highest BCUT2D eigenvalue weighted by Gasteiger charge is 2.36. The van der Waals surface area contributed by atoms with E-state index in [1.54, 1.807) is 25.1 Å². The van der Waals surface area contributed by atoms with Crippen LogP contribution in [0.4, 0.5) is 5.69 Å². The number of carbonyl (C=O) groups is 2. The molecule has 6 nitrogen and oxygen atoms in total. The third kappa shape index (κ3) is 6.30. The van der Waals surface area contributed by atoms with Gasteiger partial charge in [-0.2, -0.15) is 5.26 Å². The molecule has 0 unspecified atom stereocenters. The molecule has 0 bridgehead atoms. The molecule has 0 saturated heterocycles. The lowest BCUT2D eigenvalue weighted by molar-refractivity contribution is -0.140. The highest BCUT2D eigenvalue weighted by molar-refractivity contribution is 8.03. The van der Waals surface area contributed by atoms with E-state index in [0.29, 0.717) is 38.1 Å². The van der Waals surface area contributed by atoms with E-state index < -0.39 is 11.9 Å². The van der Waals surface area contributed by atoms with Gasteiger partial charge in [0, 0.05) is 21.8 Å². The maximum Gasteiger partial charge on any atom is 0.337 e. The van der Waals surface area contributed by atoms with Gasteiger partial charge >= 0.3 is 5.97 Å². The van der Waals surface area contributed by atoms with Gasteiger partial charge in [0.15, 0.2) is 0 Å². The van der Waals surface area contributed by atoms with Gasteiger partial charge in [-0.05, 0) is 35.6 Å². The molecule has 4 aromatic rings. The third-order valence-corrected chi connectivity index (χ3v) is 8.07. The second-order valence-corrected chi connectivity index (χ2v) is 10.8. The lowest BCUT2D eigenvalue weighted by Gasteiger charge is -2.29. The van der Waals surface area contributed by atoms with Crippen LogP contribution in [0.25, 0.3) is 10.8 Å². The number of nitrogens with zero attached hydrogens (tertiary/aromatic N) is 1. The lowest BCUT2D eigenvalue weighted by atomic mass is 9.82. The zero-order chi connectivity index (χ0) is 28.8. The molecule has 1 aliphatic rings. The Labute approximate surface area is 247 Å². The maximum atomic E-state index is 13.5. The van der Waals surface area contributed by atoms with Crippen LogP contribution >= 0.6 is 23.4 Å². The minimum atomic E-state index is -0.762. The van der Waals surface area contributed by atoms with Crippen molar-refractivity contribution in [2.24, 2.45) is 0 Å². The van der Waals surface area contributed by atoms with Gasteiger partial charge in [-0.3, -0.25) is 4.79 Å². The van der Waals surface area contributed by atoms with Gasteiger partial charge in [0.2, 0.25) is 5.91 Å². The van der Waals surface area contributed by atoms with Crippen molar-refractivity contribution in [2.75, 3.05) is 11.1 Å². The number of rotatable bonds is 8. The molecule has 2 N–H and O–H groups in total. The Hall–Kier alpha value is -4.51. The fourth-order valence-electron chi connectivity index (χ4n) is 4.78. The van der Waals surface area contributed by atoms with Gasteiger partial charge in [0.25, 0.3) is 0 Å². The number of carbonyl (C=O) groups excluding carboxylic acids is 2. The first-order valence-corrected chi connectivity index (χ1v) is 14.3. The Morgan fingerprint density at radius 2 is 1.68 bits per heavy atom. The number of thioether (sulfide) groups is 1. The van der Waals surface area contributed by atoms with E-state index in [2.05, 4.69) is 16.7 Å². The molecule has 0 aromatic heterocycles. The number of nitrogens with one attached hydrogen (secondary N) is 2. The number of anilines is 1. The molecule has 4 aromatic carbocycles. The second-order valence-electron chi connectivity index (χ2n) is 9.40. The molecular weight excluding hydrogens is 554 g/mol. The fourth-order valence-corrected chi connectivity index (χ4v) is 5.91. The van der Waals surface area contributed by atoms with Gasteiger partial charge < -0.3 is 15.4 Å². The molecule has 0 fully saturated rings. The van der Waals surface area contributed by atoms with Crippen LogP contribution in [0.3, 0.4) is 0 Å². The average molecular weight is 580 g/mol. The standard InChI is InChI=1S/C33H26ClN3O3S/c1-21-30(33(39)40-19-22-10-3-2-4-11-22)31(25-15-7-8-16-27(25)34)26(18-35)32(36-21)41-20-29(38)37-28-17-9-13-23-12-5-6-14-24(23)28/h2-17,31,36H,19-20H2,1H3,(H,37,38)/t31-/m0/s1. The van der Waals surface area contributed by atoms with Gasteiger partial charge in [-0.25, -0.2) is 4.79 Å². The monoisotopic (exact) mass is 579 g/mol. The topological polar surface area (TPSA) is 91.2 Å². The van der Waals surface area contributed by atoms with Gasteiger partial charge in [0.05, 0.1) is 33.9 Å². The van der Waals surface area contributed by atoms with E-state index in [0.717, 1.165) is 16.3 Å². The number of nitriles is 1. The van der Waals surface area contributed by atoms with Gasteiger partial charge in [0.1, 0.15) is 6.61 Å². The van der Waals surface area contributed by atoms with Crippen LogP contribution in [-0.4, -0.2) is 17.6 Å². The zero-order valence-electron chi connectivity index (χ0n) is 22.2. The predicted molar refractivity (Wildman–Crippen MR) is 164 cm³/mol. The van der Waals surface area contributed by atoms with Crippen LogP contribution in [0.5, 0.6) is 0 Å². The van der Waals surface area contributed by atoms with E-state index in [1.165, 1.54) is 11.8 Å². The summed E-state index contributed by atoms with van der Waals surface area (Å²) < 4.78 is 5.67. The summed E-state index contributed by atoms with van der Waals surface area (Å²) in [5.74, 6) is -1.48. The average Bonchev–Trinajstić information content (AvgIpc) is 2.99. The highest BCUT2D eigenvalue weighted by Crippen LogP contribution is 2.43. The molecule has 8 heteroatoms. The Morgan fingerprint density at radius 3 is 2.46 bits per heavy atom. The first-order chi connectivity index (χ1) is 20.0. The maximum absolute atomic E-state index is 13.5. The third-order valence-electron chi connectivity index (χ3n) is 6.71. The number of benzene rings is 4. The number of fused-ring (bicyclic) bond motifs is 1. The van der Waals surface area contributed by atoms with Crippen molar-refractivity contribution in [2.45, 2.75) is 19.4 Å². The number of allylic oxidation sites excluding steroid dienone is 2. The van der Waals surface area contributed by atoms with Crippen molar-refractivity contribution in [3.05, 3.63) is 135 Å². The van der Waals surface area contributed by atoms with Crippen LogP contribution < -0.4 is 10.6 Å². The molecule has 5 rings (SSSR count). The van der Waals surface area contributed by atoms with Crippen molar-refractivity contribution < 1.29 is 14.3 Å². The summed E-state index contributed by atoms with van der Waals surface area (Å²) in [5.41, 5.74) is 3.30. The van der Waals surface area contributed by atoms with E-state index in [4.69, 9.17) is 16.3 Å². The fraction of sp³-hybridized carbons (Fsp3) is 0.121. The predicted octanol–water partition coefficient (Wildman–Crippen LogP) is 7.30. The minimum Gasteiger partial charge on any atom is -0.457 e. The summed E-state index contributed by atoms with van der Waals surface area (Å²) in [4.78, 5) is 26.5. The summed E-state index contributed by atoms with van der Waals surface area (Å²) in [6.45, 7) is 1.85. The molecule has 1 amide bonds. The number of amides is 1. The Kier molecular flexibility index (Phi) is 8.73. The van der Waals surface area contributed by atoms with Crippen molar-refractivity contribution in [3.8, 4) is 6.07 Å². The lowest BCUT2D eigenvalue weighted by Crippen LogP contribution is -2.29. The molecular formula is C33H26ClN3O3S. The minimum absolute atomic E-state index is 0.0487. The van der Waals surface area contributed by atoms with Gasteiger partial charge in [-0.1, -0.05) is 108 Å². The van der Waals surface area contributed by atoms with E-state index in [9.17, 15) is 14.9 Å². The normalized spacial score (nSPS) is 14.8. The van der Waals surface area contributed by atoms with Crippen molar-refractivity contribution in [1.29, 1.82) is 5.26 Å². The zero-order valence-corrected chi connectivity index (χ0v) is 23.8. The smallest absolute Gasteiger partial charge is 0.337 e. The number of ether oxygens (including phenoxy) is 1. The quantitative estimate of drug-likeness (QED) is 0.213. The van der Waals surface area contributed by atoms with Crippen LogP contribution in [-0.2, 0) is 20.9 Å². The van der Waals surface area contributed by atoms with Crippen molar-refractivity contribution in [3.63, 3.8) is 0 Å². The summed E-state index contributed by atoms with van der Waals surface area (Å²) in [6, 6.07) is 32.3. The summed E-state index contributed by atoms with van der Waals surface area (Å²) in [6.07, 6.45) is 0. The van der Waals surface area contributed by atoms with Gasteiger partial charge in [-0.15, -0.1) is 0 Å². The largest absolute Gasteiger partial charge is 0.457 e. The first-order valence-electron chi connectivity index (χ1n) is 12.9. The number of dihydropyridines is 1. The summed E-state index contributed by atoms with van der Waals surface area (Å²) in [5, 5.41) is 19.4.